The van der Waals surface area contributed by atoms with Gasteiger partial charge in [-0.15, -0.1) is 0 Å². The number of anilines is 1. The van der Waals surface area contributed by atoms with Gasteiger partial charge >= 0.3 is 0 Å². The third-order valence-corrected chi connectivity index (χ3v) is 3.18. The molecule has 0 radical (unpaired) electrons. The van der Waals surface area contributed by atoms with Crippen LogP contribution in [0.15, 0.2) is 60.6 Å². The van der Waals surface area contributed by atoms with Gasteiger partial charge in [0.25, 0.3) is 5.91 Å². The van der Waals surface area contributed by atoms with E-state index in [1.54, 1.807) is 30.6 Å². The molecule has 0 aliphatic rings. The molecule has 110 valence electrons. The van der Waals surface area contributed by atoms with Crippen LogP contribution in [0.5, 0.6) is 0 Å². The third-order valence-electron chi connectivity index (χ3n) is 2.81. The molecule has 0 aliphatic heterocycles. The molecule has 0 bridgehead atoms. The van der Waals surface area contributed by atoms with E-state index in [0.717, 1.165) is 5.56 Å². The Labute approximate surface area is 133 Å². The first kappa shape index (κ1) is 15.5. The summed E-state index contributed by atoms with van der Waals surface area (Å²) in [6.45, 7) is 0.254. The van der Waals surface area contributed by atoms with Gasteiger partial charge in [0.1, 0.15) is 11.6 Å². The number of benzene rings is 1. The lowest BCUT2D eigenvalue weighted by Crippen LogP contribution is -2.24. The lowest BCUT2D eigenvalue weighted by atomic mass is 10.2. The van der Waals surface area contributed by atoms with E-state index in [1.165, 1.54) is 6.20 Å². The van der Waals surface area contributed by atoms with Crippen molar-refractivity contribution in [2.75, 3.05) is 5.32 Å². The number of pyridine rings is 1. The molecule has 2 rings (SSSR count). The maximum absolute atomic E-state index is 12.0. The Bertz CT molecular complexity index is 722. The van der Waals surface area contributed by atoms with Gasteiger partial charge in [-0.1, -0.05) is 29.8 Å². The largest absolute Gasteiger partial charge is 0.359 e. The Morgan fingerprint density at radius 2 is 2.14 bits per heavy atom. The van der Waals surface area contributed by atoms with E-state index in [4.69, 9.17) is 16.9 Å². The second-order valence-corrected chi connectivity index (χ2v) is 4.74. The first-order chi connectivity index (χ1) is 10.7. The zero-order valence-electron chi connectivity index (χ0n) is 11.6. The number of hydrogen-bond acceptors (Lipinski definition) is 4. The van der Waals surface area contributed by atoms with E-state index in [9.17, 15) is 4.79 Å². The van der Waals surface area contributed by atoms with Gasteiger partial charge in [0.15, 0.2) is 0 Å². The summed E-state index contributed by atoms with van der Waals surface area (Å²) < 4.78 is 0. The van der Waals surface area contributed by atoms with Crippen LogP contribution in [0.1, 0.15) is 5.56 Å². The van der Waals surface area contributed by atoms with Crippen molar-refractivity contribution in [2.45, 2.75) is 6.54 Å². The molecule has 0 unspecified atom stereocenters. The summed E-state index contributed by atoms with van der Waals surface area (Å²) in [5.74, 6) is -0.473. The van der Waals surface area contributed by atoms with Crippen LogP contribution in [-0.4, -0.2) is 10.9 Å². The highest BCUT2D eigenvalue weighted by molar-refractivity contribution is 6.31. The number of carbonyl (C=O) groups excluding carboxylic acids is 1. The van der Waals surface area contributed by atoms with Crippen LogP contribution in [0, 0.1) is 11.3 Å². The van der Waals surface area contributed by atoms with Gasteiger partial charge in [0.05, 0.1) is 11.9 Å². The lowest BCUT2D eigenvalue weighted by Gasteiger charge is -2.06. The van der Waals surface area contributed by atoms with Crippen molar-refractivity contribution in [3.05, 3.63) is 71.2 Å². The topological polar surface area (TPSA) is 77.8 Å². The number of carbonyl (C=O) groups is 1. The SMILES string of the molecule is N#C/C(=C/Nc1cccnc1)C(=O)NCc1ccccc1Cl. The molecule has 0 spiro atoms. The quantitative estimate of drug-likeness (QED) is 0.657. The smallest absolute Gasteiger partial charge is 0.263 e. The number of aromatic nitrogens is 1. The van der Waals surface area contributed by atoms with Crippen LogP contribution >= 0.6 is 11.6 Å². The summed E-state index contributed by atoms with van der Waals surface area (Å²) in [4.78, 5) is 15.9. The molecule has 22 heavy (non-hydrogen) atoms. The minimum Gasteiger partial charge on any atom is -0.359 e. The predicted octanol–water partition coefficient (Wildman–Crippen LogP) is 2.87. The van der Waals surface area contributed by atoms with Crippen molar-refractivity contribution in [1.29, 1.82) is 5.26 Å². The molecule has 0 saturated heterocycles. The van der Waals surface area contributed by atoms with Crippen molar-refractivity contribution in [1.82, 2.24) is 10.3 Å². The van der Waals surface area contributed by atoms with Crippen LogP contribution in [0.2, 0.25) is 5.02 Å². The third kappa shape index (κ3) is 4.33. The molecule has 6 heteroatoms. The maximum Gasteiger partial charge on any atom is 0.263 e. The summed E-state index contributed by atoms with van der Waals surface area (Å²) in [5.41, 5.74) is 1.44. The van der Waals surface area contributed by atoms with Gasteiger partial charge in [-0.05, 0) is 23.8 Å². The highest BCUT2D eigenvalue weighted by atomic mass is 35.5. The number of nitriles is 1. The first-order valence-electron chi connectivity index (χ1n) is 6.49. The molecule has 0 fully saturated rings. The molecule has 1 amide bonds. The number of amides is 1. The fourth-order valence-corrected chi connectivity index (χ4v) is 1.87. The van der Waals surface area contributed by atoms with Crippen molar-refractivity contribution < 1.29 is 4.79 Å². The molecule has 0 saturated carbocycles. The second kappa shape index (κ2) is 7.81. The zero-order chi connectivity index (χ0) is 15.8. The minimum atomic E-state index is -0.473. The molecular weight excluding hydrogens is 300 g/mol. The van der Waals surface area contributed by atoms with Gasteiger partial charge in [-0.25, -0.2) is 0 Å². The van der Waals surface area contributed by atoms with E-state index in [0.29, 0.717) is 10.7 Å². The van der Waals surface area contributed by atoms with Crippen LogP contribution in [-0.2, 0) is 11.3 Å². The average molecular weight is 313 g/mol. The summed E-state index contributed by atoms with van der Waals surface area (Å²) in [6, 6.07) is 12.6. The molecule has 0 aliphatic carbocycles. The second-order valence-electron chi connectivity index (χ2n) is 4.33. The standard InChI is InChI=1S/C16H13ClN4O/c17-15-6-2-1-4-12(15)9-21-16(22)13(8-18)10-20-14-5-3-7-19-11-14/h1-7,10-11,20H,9H2,(H,21,22)/b13-10-. The number of hydrogen-bond donors (Lipinski definition) is 2. The Hall–Kier alpha value is -2.84. The van der Waals surface area contributed by atoms with E-state index in [2.05, 4.69) is 15.6 Å². The Balaban J connectivity index is 1.97. The van der Waals surface area contributed by atoms with Crippen molar-refractivity contribution in [2.24, 2.45) is 0 Å². The Morgan fingerprint density at radius 1 is 1.32 bits per heavy atom. The van der Waals surface area contributed by atoms with Crippen LogP contribution in [0.3, 0.4) is 0 Å². The van der Waals surface area contributed by atoms with Gasteiger partial charge in [0, 0.05) is 24.0 Å². The van der Waals surface area contributed by atoms with Crippen molar-refractivity contribution >= 4 is 23.2 Å². The normalized spacial score (nSPS) is 10.6. The summed E-state index contributed by atoms with van der Waals surface area (Å²) in [7, 11) is 0. The first-order valence-corrected chi connectivity index (χ1v) is 6.87. The molecule has 2 aromatic rings. The average Bonchev–Trinajstić information content (AvgIpc) is 2.55. The molecule has 5 nitrogen and oxygen atoms in total. The van der Waals surface area contributed by atoms with E-state index >= 15 is 0 Å². The fraction of sp³-hybridized carbons (Fsp3) is 0.0625. The number of rotatable bonds is 5. The number of nitrogens with one attached hydrogen (secondary N) is 2. The molecule has 1 heterocycles. The molecule has 0 atom stereocenters. The highest BCUT2D eigenvalue weighted by Gasteiger charge is 2.09. The van der Waals surface area contributed by atoms with Crippen LogP contribution in [0.4, 0.5) is 5.69 Å². The fourth-order valence-electron chi connectivity index (χ4n) is 1.66. The summed E-state index contributed by atoms with van der Waals surface area (Å²) in [5, 5.41) is 15.1. The number of halogens is 1. The Morgan fingerprint density at radius 3 is 2.82 bits per heavy atom. The Kier molecular flexibility index (Phi) is 5.52. The van der Waals surface area contributed by atoms with Gasteiger partial charge in [-0.3, -0.25) is 9.78 Å². The van der Waals surface area contributed by atoms with Gasteiger partial charge in [-0.2, -0.15) is 5.26 Å². The summed E-state index contributed by atoms with van der Waals surface area (Å²) in [6.07, 6.45) is 4.57. The molecular formula is C16H13ClN4O. The van der Waals surface area contributed by atoms with Crippen LogP contribution < -0.4 is 10.6 Å². The summed E-state index contributed by atoms with van der Waals surface area (Å²) >= 11 is 6.01. The van der Waals surface area contributed by atoms with Gasteiger partial charge < -0.3 is 10.6 Å². The maximum atomic E-state index is 12.0. The van der Waals surface area contributed by atoms with E-state index in [-0.39, 0.29) is 12.1 Å². The monoisotopic (exact) mass is 312 g/mol. The minimum absolute atomic E-state index is 0.0316. The van der Waals surface area contributed by atoms with Crippen molar-refractivity contribution in [3.8, 4) is 6.07 Å². The van der Waals surface area contributed by atoms with E-state index in [1.807, 2.05) is 24.3 Å². The molecule has 1 aromatic carbocycles. The van der Waals surface area contributed by atoms with E-state index < -0.39 is 5.91 Å². The van der Waals surface area contributed by atoms with Crippen LogP contribution in [0.25, 0.3) is 0 Å². The zero-order valence-corrected chi connectivity index (χ0v) is 12.3. The predicted molar refractivity (Wildman–Crippen MR) is 84.9 cm³/mol. The molecule has 2 N–H and O–H groups in total. The van der Waals surface area contributed by atoms with Gasteiger partial charge in [0.2, 0.25) is 0 Å². The highest BCUT2D eigenvalue weighted by Crippen LogP contribution is 2.14. The molecule has 1 aromatic heterocycles. The lowest BCUT2D eigenvalue weighted by molar-refractivity contribution is -0.117. The number of nitrogens with zero attached hydrogens (tertiary/aromatic N) is 2. The van der Waals surface area contributed by atoms with Crippen molar-refractivity contribution in [3.63, 3.8) is 0 Å².